The predicted octanol–water partition coefficient (Wildman–Crippen LogP) is 2.20. The molecule has 2 heterocycles. The first-order valence-electron chi connectivity index (χ1n) is 7.84. The Morgan fingerprint density at radius 2 is 2.17 bits per heavy atom. The molecule has 128 valence electrons. The first-order valence-corrected chi connectivity index (χ1v) is 9.77. The maximum Gasteiger partial charge on any atom is 0.239 e. The number of anilines is 1. The summed E-state index contributed by atoms with van der Waals surface area (Å²) in [5.41, 5.74) is 1.80. The average molecular weight is 369 g/mol. The van der Waals surface area contributed by atoms with Gasteiger partial charge in [-0.15, -0.1) is 0 Å². The number of benzene rings is 1. The fourth-order valence-electron chi connectivity index (χ4n) is 3.16. The lowest BCUT2D eigenvalue weighted by atomic mass is 9.85. The van der Waals surface area contributed by atoms with Gasteiger partial charge in [0.1, 0.15) is 4.90 Å². The van der Waals surface area contributed by atoms with E-state index in [1.54, 1.807) is 12.1 Å². The highest BCUT2D eigenvalue weighted by atomic mass is 35.5. The molecular formula is C15H17ClN4O3S. The summed E-state index contributed by atoms with van der Waals surface area (Å²) in [5, 5.41) is 9.39. The zero-order valence-electron chi connectivity index (χ0n) is 12.9. The first-order chi connectivity index (χ1) is 11.4. The Morgan fingerprint density at radius 3 is 2.83 bits per heavy atom. The van der Waals surface area contributed by atoms with Crippen molar-refractivity contribution < 1.29 is 12.9 Å². The van der Waals surface area contributed by atoms with Crippen LogP contribution in [0.4, 0.5) is 5.69 Å². The number of nitrogens with zero attached hydrogens (tertiary/aromatic N) is 3. The minimum Gasteiger partial charge on any atom is -0.363 e. The first kappa shape index (κ1) is 15.9. The monoisotopic (exact) mass is 368 g/mol. The molecule has 0 atom stereocenters. The Balaban J connectivity index is 1.57. The van der Waals surface area contributed by atoms with Crippen molar-refractivity contribution in [2.75, 3.05) is 11.4 Å². The van der Waals surface area contributed by atoms with Crippen molar-refractivity contribution in [3.05, 3.63) is 34.4 Å². The number of aromatic nitrogens is 2. The van der Waals surface area contributed by atoms with Crippen molar-refractivity contribution in [1.82, 2.24) is 10.1 Å². The summed E-state index contributed by atoms with van der Waals surface area (Å²) in [6.45, 7) is 1.25. The molecule has 0 bridgehead atoms. The van der Waals surface area contributed by atoms with Crippen LogP contribution >= 0.6 is 11.6 Å². The third kappa shape index (κ3) is 2.78. The van der Waals surface area contributed by atoms with E-state index in [4.69, 9.17) is 21.3 Å². The summed E-state index contributed by atoms with van der Waals surface area (Å²) in [4.78, 5) is 6.52. The topological polar surface area (TPSA) is 102 Å². The van der Waals surface area contributed by atoms with Crippen LogP contribution in [0.5, 0.6) is 0 Å². The second-order valence-electron chi connectivity index (χ2n) is 6.30. The molecule has 0 radical (unpaired) electrons. The minimum atomic E-state index is -3.82. The summed E-state index contributed by atoms with van der Waals surface area (Å²) in [6, 6.07) is 3.21. The van der Waals surface area contributed by atoms with Gasteiger partial charge in [0.05, 0.1) is 11.6 Å². The number of fused-ring (bicyclic) bond motifs is 1. The highest BCUT2D eigenvalue weighted by molar-refractivity contribution is 7.89. The third-order valence-electron chi connectivity index (χ3n) is 4.70. The molecular weight excluding hydrogens is 352 g/mol. The van der Waals surface area contributed by atoms with Gasteiger partial charge in [-0.25, -0.2) is 13.6 Å². The van der Waals surface area contributed by atoms with Crippen molar-refractivity contribution in [3.63, 3.8) is 0 Å². The molecule has 9 heteroatoms. The van der Waals surface area contributed by atoms with Gasteiger partial charge in [-0.1, -0.05) is 23.2 Å². The van der Waals surface area contributed by atoms with Gasteiger partial charge in [0, 0.05) is 18.2 Å². The van der Waals surface area contributed by atoms with Crippen molar-refractivity contribution in [1.29, 1.82) is 0 Å². The van der Waals surface area contributed by atoms with Gasteiger partial charge in [-0.3, -0.25) is 0 Å². The van der Waals surface area contributed by atoms with Crippen LogP contribution < -0.4 is 10.0 Å². The number of rotatable bonds is 4. The Labute approximate surface area is 144 Å². The number of sulfonamides is 1. The summed E-state index contributed by atoms with van der Waals surface area (Å²) in [6.07, 6.45) is 4.16. The average Bonchev–Trinajstić information content (AvgIpc) is 3.04. The van der Waals surface area contributed by atoms with Crippen molar-refractivity contribution in [3.8, 4) is 0 Å². The van der Waals surface area contributed by atoms with Gasteiger partial charge < -0.3 is 9.42 Å². The summed E-state index contributed by atoms with van der Waals surface area (Å²) >= 11 is 6.10. The molecule has 2 aromatic rings. The Morgan fingerprint density at radius 1 is 1.38 bits per heavy atom. The Bertz CT molecular complexity index is 892. The number of primary sulfonamides is 1. The van der Waals surface area contributed by atoms with E-state index >= 15 is 0 Å². The molecule has 1 aliphatic heterocycles. The highest BCUT2D eigenvalue weighted by Gasteiger charge is 2.28. The Kier molecular flexibility index (Phi) is 3.78. The van der Waals surface area contributed by atoms with E-state index < -0.39 is 10.0 Å². The lowest BCUT2D eigenvalue weighted by Gasteiger charge is -2.20. The van der Waals surface area contributed by atoms with E-state index in [1.807, 2.05) is 0 Å². The smallest absolute Gasteiger partial charge is 0.239 e. The molecule has 24 heavy (non-hydrogen) atoms. The van der Waals surface area contributed by atoms with Gasteiger partial charge in [-0.05, 0) is 37.0 Å². The summed E-state index contributed by atoms with van der Waals surface area (Å²) < 4.78 is 28.5. The number of nitrogens with two attached hydrogens (primary N) is 1. The predicted molar refractivity (Wildman–Crippen MR) is 88.5 cm³/mol. The molecule has 0 amide bonds. The largest absolute Gasteiger partial charge is 0.363 e. The van der Waals surface area contributed by atoms with Crippen LogP contribution in [0, 0.1) is 0 Å². The second kappa shape index (κ2) is 5.72. The molecule has 1 aromatic carbocycles. The van der Waals surface area contributed by atoms with Crippen LogP contribution in [0.25, 0.3) is 0 Å². The van der Waals surface area contributed by atoms with E-state index in [0.717, 1.165) is 42.9 Å². The van der Waals surface area contributed by atoms with Crippen LogP contribution in [-0.4, -0.2) is 25.1 Å². The lowest BCUT2D eigenvalue weighted by molar-refractivity contribution is 0.291. The van der Waals surface area contributed by atoms with Crippen LogP contribution in [0.1, 0.15) is 42.5 Å². The van der Waals surface area contributed by atoms with Gasteiger partial charge in [0.15, 0.2) is 5.82 Å². The van der Waals surface area contributed by atoms with E-state index in [-0.39, 0.29) is 9.92 Å². The van der Waals surface area contributed by atoms with Crippen LogP contribution in [-0.2, 0) is 23.0 Å². The number of halogens is 1. The Hall–Kier alpha value is -1.64. The fourth-order valence-corrected chi connectivity index (χ4v) is 4.28. The molecule has 0 unspecified atom stereocenters. The molecule has 1 aliphatic carbocycles. The van der Waals surface area contributed by atoms with Gasteiger partial charge in [0.25, 0.3) is 0 Å². The molecule has 2 aliphatic rings. The molecule has 7 nitrogen and oxygen atoms in total. The molecule has 2 N–H and O–H groups in total. The maximum absolute atomic E-state index is 11.6. The van der Waals surface area contributed by atoms with Crippen LogP contribution in [0.3, 0.4) is 0 Å². The highest BCUT2D eigenvalue weighted by Crippen LogP contribution is 2.37. The zero-order chi connectivity index (χ0) is 16.9. The summed E-state index contributed by atoms with van der Waals surface area (Å²) in [7, 11) is -3.82. The van der Waals surface area contributed by atoms with Crippen LogP contribution in [0.15, 0.2) is 21.6 Å². The standard InChI is InChI=1S/C15H17ClN4O3S/c16-11-7-12-10(6-13(11)24(17,21)22)4-5-20(12)8-14-18-15(23-19-14)9-2-1-3-9/h6-7,9H,1-5,8H2,(H2,17,21,22). The number of hydrogen-bond donors (Lipinski definition) is 1. The molecule has 1 fully saturated rings. The van der Waals surface area contributed by atoms with Crippen molar-refractivity contribution in [2.45, 2.75) is 43.0 Å². The molecule has 1 saturated carbocycles. The second-order valence-corrected chi connectivity index (χ2v) is 8.24. The van der Waals surface area contributed by atoms with E-state index in [1.165, 1.54) is 6.42 Å². The maximum atomic E-state index is 11.6. The van der Waals surface area contributed by atoms with Gasteiger partial charge >= 0.3 is 0 Å². The van der Waals surface area contributed by atoms with E-state index in [2.05, 4.69) is 15.0 Å². The van der Waals surface area contributed by atoms with E-state index in [9.17, 15) is 8.42 Å². The quantitative estimate of drug-likeness (QED) is 0.887. The summed E-state index contributed by atoms with van der Waals surface area (Å²) in [5.74, 6) is 1.76. The van der Waals surface area contributed by atoms with Gasteiger partial charge in [-0.2, -0.15) is 4.98 Å². The molecule has 0 spiro atoms. The minimum absolute atomic E-state index is 0.0309. The van der Waals surface area contributed by atoms with E-state index in [0.29, 0.717) is 18.3 Å². The fraction of sp³-hybridized carbons (Fsp3) is 0.467. The van der Waals surface area contributed by atoms with Crippen LogP contribution in [0.2, 0.25) is 5.02 Å². The molecule has 1 aromatic heterocycles. The zero-order valence-corrected chi connectivity index (χ0v) is 14.5. The molecule has 4 rings (SSSR count). The lowest BCUT2D eigenvalue weighted by Crippen LogP contribution is -2.21. The molecule has 0 saturated heterocycles. The SMILES string of the molecule is NS(=O)(=O)c1cc2c(cc1Cl)N(Cc1noc(C3CCC3)n1)CC2. The van der Waals surface area contributed by atoms with Crippen molar-refractivity contribution in [2.24, 2.45) is 5.14 Å². The normalized spacial score (nSPS) is 17.8. The third-order valence-corrected chi connectivity index (χ3v) is 6.08. The van der Waals surface area contributed by atoms with Gasteiger partial charge in [0.2, 0.25) is 15.9 Å². The van der Waals surface area contributed by atoms with Crippen molar-refractivity contribution >= 4 is 27.3 Å². The number of hydrogen-bond acceptors (Lipinski definition) is 6.